The van der Waals surface area contributed by atoms with Crippen LogP contribution in [0.15, 0.2) is 18.2 Å². The number of amides is 2. The molecule has 0 heterocycles. The molecule has 0 aliphatic carbocycles. The second-order valence-corrected chi connectivity index (χ2v) is 4.84. The first kappa shape index (κ1) is 16.8. The number of urea groups is 1. The van der Waals surface area contributed by atoms with Gasteiger partial charge in [-0.2, -0.15) is 0 Å². The number of methoxy groups -OCH3 is 1. The Hall–Kier alpha value is -2.24. The summed E-state index contributed by atoms with van der Waals surface area (Å²) in [4.78, 5) is 23.0. The van der Waals surface area contributed by atoms with Gasteiger partial charge in [0.15, 0.2) is 0 Å². The van der Waals surface area contributed by atoms with Crippen molar-refractivity contribution in [2.24, 2.45) is 0 Å². The highest BCUT2D eigenvalue weighted by atomic mass is 16.5. The van der Waals surface area contributed by atoms with Crippen molar-refractivity contribution in [1.82, 2.24) is 5.32 Å². The van der Waals surface area contributed by atoms with Gasteiger partial charge in [0.05, 0.1) is 12.8 Å². The van der Waals surface area contributed by atoms with Gasteiger partial charge in [-0.05, 0) is 31.0 Å². The Morgan fingerprint density at radius 2 is 2.10 bits per heavy atom. The molecule has 6 nitrogen and oxygen atoms in total. The van der Waals surface area contributed by atoms with Crippen LogP contribution in [0.4, 0.5) is 10.5 Å². The molecule has 0 unspecified atom stereocenters. The average molecular weight is 294 g/mol. The summed E-state index contributed by atoms with van der Waals surface area (Å²) in [5, 5.41) is 14.2. The van der Waals surface area contributed by atoms with E-state index in [1.54, 1.807) is 12.1 Å². The van der Waals surface area contributed by atoms with Crippen LogP contribution in [0.3, 0.4) is 0 Å². The third kappa shape index (κ3) is 5.33. The number of carbonyl (C=O) groups is 2. The third-order valence-electron chi connectivity index (χ3n) is 3.05. The highest BCUT2D eigenvalue weighted by Crippen LogP contribution is 2.25. The fourth-order valence-electron chi connectivity index (χ4n) is 1.90. The van der Waals surface area contributed by atoms with Gasteiger partial charge in [-0.15, -0.1) is 0 Å². The van der Waals surface area contributed by atoms with E-state index in [2.05, 4.69) is 10.6 Å². The van der Waals surface area contributed by atoms with Crippen LogP contribution in [-0.4, -0.2) is 30.3 Å². The van der Waals surface area contributed by atoms with Crippen molar-refractivity contribution in [2.45, 2.75) is 39.2 Å². The van der Waals surface area contributed by atoms with E-state index >= 15 is 0 Å². The number of nitrogens with one attached hydrogen (secondary N) is 2. The fourth-order valence-corrected chi connectivity index (χ4v) is 1.90. The molecule has 116 valence electrons. The molecule has 1 aromatic rings. The zero-order valence-corrected chi connectivity index (χ0v) is 12.6. The van der Waals surface area contributed by atoms with Gasteiger partial charge >= 0.3 is 12.0 Å². The number of hydrogen-bond acceptors (Lipinski definition) is 3. The summed E-state index contributed by atoms with van der Waals surface area (Å²) in [7, 11) is 1.51. The first-order valence-corrected chi connectivity index (χ1v) is 6.92. The van der Waals surface area contributed by atoms with Crippen molar-refractivity contribution in [3.63, 3.8) is 0 Å². The molecule has 0 aliphatic heterocycles. The lowest BCUT2D eigenvalue weighted by Crippen LogP contribution is -2.43. The van der Waals surface area contributed by atoms with Crippen molar-refractivity contribution in [1.29, 1.82) is 0 Å². The van der Waals surface area contributed by atoms with Gasteiger partial charge in [-0.25, -0.2) is 9.59 Å². The first-order valence-electron chi connectivity index (χ1n) is 6.92. The number of rotatable bonds is 7. The second kappa shape index (κ2) is 8.14. The number of carboxylic acids is 1. The van der Waals surface area contributed by atoms with Gasteiger partial charge < -0.3 is 20.5 Å². The van der Waals surface area contributed by atoms with Crippen LogP contribution >= 0.6 is 0 Å². The van der Waals surface area contributed by atoms with Gasteiger partial charge in [0.1, 0.15) is 11.8 Å². The Morgan fingerprint density at radius 3 is 2.67 bits per heavy atom. The van der Waals surface area contributed by atoms with Gasteiger partial charge in [-0.1, -0.05) is 25.8 Å². The largest absolute Gasteiger partial charge is 0.495 e. The SMILES string of the molecule is CCCC[C@H](NC(=O)Nc1cc(C)ccc1OC)C(=O)O. The molecule has 0 radical (unpaired) electrons. The monoisotopic (exact) mass is 294 g/mol. The Balaban J connectivity index is 2.71. The van der Waals surface area contributed by atoms with Crippen LogP contribution in [0.5, 0.6) is 5.75 Å². The molecule has 0 saturated heterocycles. The minimum Gasteiger partial charge on any atom is -0.495 e. The molecule has 0 aliphatic rings. The molecule has 0 aromatic heterocycles. The van der Waals surface area contributed by atoms with Gasteiger partial charge in [0, 0.05) is 0 Å². The third-order valence-corrected chi connectivity index (χ3v) is 3.05. The summed E-state index contributed by atoms with van der Waals surface area (Å²) in [6.45, 7) is 3.86. The molecule has 21 heavy (non-hydrogen) atoms. The summed E-state index contributed by atoms with van der Waals surface area (Å²) in [5.74, 6) is -0.508. The summed E-state index contributed by atoms with van der Waals surface area (Å²) in [5.41, 5.74) is 1.47. The van der Waals surface area contributed by atoms with Crippen molar-refractivity contribution < 1.29 is 19.4 Å². The minimum atomic E-state index is -1.03. The number of ether oxygens (including phenoxy) is 1. The van der Waals surface area contributed by atoms with E-state index in [4.69, 9.17) is 9.84 Å². The van der Waals surface area contributed by atoms with Crippen LogP contribution in [0, 0.1) is 6.92 Å². The number of aryl methyl sites for hydroxylation is 1. The molecule has 1 aromatic carbocycles. The van der Waals surface area contributed by atoms with Crippen LogP contribution in [0.2, 0.25) is 0 Å². The molecule has 0 saturated carbocycles. The van der Waals surface area contributed by atoms with E-state index in [0.29, 0.717) is 17.9 Å². The molecule has 1 atom stereocenters. The van der Waals surface area contributed by atoms with Crippen molar-refractivity contribution in [2.75, 3.05) is 12.4 Å². The number of carboxylic acid groups (broad SMARTS) is 1. The molecule has 0 bridgehead atoms. The van der Waals surface area contributed by atoms with Crippen molar-refractivity contribution >= 4 is 17.7 Å². The summed E-state index contributed by atoms with van der Waals surface area (Å²) >= 11 is 0. The minimum absolute atomic E-state index is 0.407. The Kier molecular flexibility index (Phi) is 6.52. The number of aliphatic carboxylic acids is 1. The molecule has 0 spiro atoms. The van der Waals surface area contributed by atoms with Crippen LogP contribution in [0.25, 0.3) is 0 Å². The lowest BCUT2D eigenvalue weighted by Gasteiger charge is -2.16. The Bertz CT molecular complexity index is 502. The zero-order chi connectivity index (χ0) is 15.8. The van der Waals surface area contributed by atoms with Gasteiger partial charge in [0.25, 0.3) is 0 Å². The van der Waals surface area contributed by atoms with E-state index in [9.17, 15) is 9.59 Å². The predicted molar refractivity (Wildman–Crippen MR) is 80.8 cm³/mol. The van der Waals surface area contributed by atoms with E-state index in [1.165, 1.54) is 7.11 Å². The van der Waals surface area contributed by atoms with Crippen LogP contribution < -0.4 is 15.4 Å². The first-order chi connectivity index (χ1) is 9.97. The lowest BCUT2D eigenvalue weighted by atomic mass is 10.1. The summed E-state index contributed by atoms with van der Waals surface area (Å²) < 4.78 is 5.16. The number of benzene rings is 1. The number of unbranched alkanes of at least 4 members (excludes halogenated alkanes) is 1. The van der Waals surface area contributed by atoms with Crippen molar-refractivity contribution in [3.05, 3.63) is 23.8 Å². The summed E-state index contributed by atoms with van der Waals surface area (Å²) in [6.07, 6.45) is 2.02. The van der Waals surface area contributed by atoms with E-state index < -0.39 is 18.0 Å². The molecule has 1 rings (SSSR count). The van der Waals surface area contributed by atoms with E-state index in [1.807, 2.05) is 19.9 Å². The zero-order valence-electron chi connectivity index (χ0n) is 12.6. The average Bonchev–Trinajstić information content (AvgIpc) is 2.43. The number of carbonyl (C=O) groups excluding carboxylic acids is 1. The second-order valence-electron chi connectivity index (χ2n) is 4.84. The maximum Gasteiger partial charge on any atom is 0.326 e. The smallest absolute Gasteiger partial charge is 0.326 e. The maximum absolute atomic E-state index is 11.9. The standard InChI is InChI=1S/C15H22N2O4/c1-4-5-6-11(14(18)19)16-15(20)17-12-9-10(2)7-8-13(12)21-3/h7-9,11H,4-6H2,1-3H3,(H,18,19)(H2,16,17,20)/t11-/m0/s1. The van der Waals surface area contributed by atoms with Crippen LogP contribution in [0.1, 0.15) is 31.7 Å². The molecule has 2 amide bonds. The van der Waals surface area contributed by atoms with E-state index in [-0.39, 0.29) is 0 Å². The number of anilines is 1. The van der Waals surface area contributed by atoms with E-state index in [0.717, 1.165) is 18.4 Å². The fraction of sp³-hybridized carbons (Fsp3) is 0.467. The molecule has 6 heteroatoms. The predicted octanol–water partition coefficient (Wildman–Crippen LogP) is 2.77. The van der Waals surface area contributed by atoms with Gasteiger partial charge in [-0.3, -0.25) is 0 Å². The van der Waals surface area contributed by atoms with Crippen LogP contribution in [-0.2, 0) is 4.79 Å². The Morgan fingerprint density at radius 1 is 1.38 bits per heavy atom. The molecular formula is C15H22N2O4. The quantitative estimate of drug-likeness (QED) is 0.721. The maximum atomic E-state index is 11.9. The topological polar surface area (TPSA) is 87.7 Å². The highest BCUT2D eigenvalue weighted by molar-refractivity contribution is 5.93. The Labute approximate surface area is 124 Å². The molecular weight excluding hydrogens is 272 g/mol. The normalized spacial score (nSPS) is 11.6. The number of hydrogen-bond donors (Lipinski definition) is 3. The molecule has 0 fully saturated rings. The van der Waals surface area contributed by atoms with Crippen molar-refractivity contribution in [3.8, 4) is 5.75 Å². The molecule has 3 N–H and O–H groups in total. The lowest BCUT2D eigenvalue weighted by molar-refractivity contribution is -0.139. The highest BCUT2D eigenvalue weighted by Gasteiger charge is 2.19. The van der Waals surface area contributed by atoms with Gasteiger partial charge in [0.2, 0.25) is 0 Å². The summed E-state index contributed by atoms with van der Waals surface area (Å²) in [6, 6.07) is 3.93.